The third-order valence-corrected chi connectivity index (χ3v) is 3.13. The summed E-state index contributed by atoms with van der Waals surface area (Å²) < 4.78 is 5.33. The SMILES string of the molecule is CNCCC(=O)Nc1cc(C2CCOCC2)[nH]n1. The zero-order chi connectivity index (χ0) is 12.8. The Labute approximate surface area is 106 Å². The number of ether oxygens (including phenoxy) is 1. The van der Waals surface area contributed by atoms with E-state index >= 15 is 0 Å². The van der Waals surface area contributed by atoms with Gasteiger partial charge in [-0.05, 0) is 19.9 Å². The molecule has 1 amide bonds. The van der Waals surface area contributed by atoms with E-state index in [2.05, 4.69) is 20.8 Å². The van der Waals surface area contributed by atoms with Crippen molar-refractivity contribution in [2.75, 3.05) is 32.1 Å². The quantitative estimate of drug-likeness (QED) is 0.726. The van der Waals surface area contributed by atoms with Gasteiger partial charge in [0.15, 0.2) is 5.82 Å². The normalized spacial score (nSPS) is 16.7. The summed E-state index contributed by atoms with van der Waals surface area (Å²) in [5, 5.41) is 12.8. The number of aromatic nitrogens is 2. The monoisotopic (exact) mass is 252 g/mol. The van der Waals surface area contributed by atoms with Crippen LogP contribution in [0.5, 0.6) is 0 Å². The third-order valence-electron chi connectivity index (χ3n) is 3.13. The van der Waals surface area contributed by atoms with Crippen molar-refractivity contribution >= 4 is 11.7 Å². The van der Waals surface area contributed by atoms with Crippen molar-refractivity contribution in [1.29, 1.82) is 0 Å². The van der Waals surface area contributed by atoms with Crippen molar-refractivity contribution in [3.63, 3.8) is 0 Å². The molecule has 6 heteroatoms. The largest absolute Gasteiger partial charge is 0.381 e. The first-order valence-corrected chi connectivity index (χ1v) is 6.37. The second-order valence-electron chi connectivity index (χ2n) is 4.50. The lowest BCUT2D eigenvalue weighted by Crippen LogP contribution is -2.18. The molecule has 18 heavy (non-hydrogen) atoms. The maximum atomic E-state index is 11.5. The van der Waals surface area contributed by atoms with Crippen molar-refractivity contribution in [2.24, 2.45) is 0 Å². The highest BCUT2D eigenvalue weighted by Gasteiger charge is 2.18. The van der Waals surface area contributed by atoms with E-state index in [4.69, 9.17) is 4.74 Å². The van der Waals surface area contributed by atoms with Crippen LogP contribution in [0.3, 0.4) is 0 Å². The number of hydrogen-bond acceptors (Lipinski definition) is 4. The highest BCUT2D eigenvalue weighted by Crippen LogP contribution is 2.26. The average molecular weight is 252 g/mol. The van der Waals surface area contributed by atoms with Gasteiger partial charge < -0.3 is 15.4 Å². The Balaban J connectivity index is 1.87. The minimum absolute atomic E-state index is 0.0191. The molecule has 0 atom stereocenters. The Morgan fingerprint density at radius 3 is 3.06 bits per heavy atom. The Kier molecular flexibility index (Phi) is 4.72. The molecule has 3 N–H and O–H groups in total. The number of nitrogens with zero attached hydrogens (tertiary/aromatic N) is 1. The molecule has 6 nitrogen and oxygen atoms in total. The van der Waals surface area contributed by atoms with Crippen molar-refractivity contribution < 1.29 is 9.53 Å². The Morgan fingerprint density at radius 2 is 2.33 bits per heavy atom. The van der Waals surface area contributed by atoms with E-state index in [1.165, 1.54) is 0 Å². The minimum atomic E-state index is -0.0191. The molecule has 1 saturated heterocycles. The fourth-order valence-electron chi connectivity index (χ4n) is 2.06. The highest BCUT2D eigenvalue weighted by molar-refractivity contribution is 5.89. The molecule has 0 aromatic carbocycles. The molecule has 2 rings (SSSR count). The number of carbonyl (C=O) groups is 1. The first-order chi connectivity index (χ1) is 8.79. The first kappa shape index (κ1) is 13.0. The number of nitrogens with one attached hydrogen (secondary N) is 3. The Hall–Kier alpha value is -1.40. The number of aromatic amines is 1. The number of hydrogen-bond donors (Lipinski definition) is 3. The number of H-pyrrole nitrogens is 1. The molecular formula is C12H20N4O2. The number of rotatable bonds is 5. The molecule has 0 aliphatic carbocycles. The van der Waals surface area contributed by atoms with Gasteiger partial charge in [-0.15, -0.1) is 0 Å². The summed E-state index contributed by atoms with van der Waals surface area (Å²) >= 11 is 0. The zero-order valence-corrected chi connectivity index (χ0v) is 10.7. The summed E-state index contributed by atoms with van der Waals surface area (Å²) in [6.45, 7) is 2.27. The van der Waals surface area contributed by atoms with Crippen LogP contribution >= 0.6 is 0 Å². The van der Waals surface area contributed by atoms with Gasteiger partial charge in [0.2, 0.25) is 5.91 Å². The van der Waals surface area contributed by atoms with Crippen molar-refractivity contribution in [1.82, 2.24) is 15.5 Å². The summed E-state index contributed by atoms with van der Waals surface area (Å²) in [5.74, 6) is 1.06. The van der Waals surface area contributed by atoms with Gasteiger partial charge >= 0.3 is 0 Å². The van der Waals surface area contributed by atoms with Crippen molar-refractivity contribution in [3.05, 3.63) is 11.8 Å². The van der Waals surface area contributed by atoms with Crippen LogP contribution < -0.4 is 10.6 Å². The number of anilines is 1. The lowest BCUT2D eigenvalue weighted by Gasteiger charge is -2.20. The predicted molar refractivity (Wildman–Crippen MR) is 68.6 cm³/mol. The summed E-state index contributed by atoms with van der Waals surface area (Å²) in [7, 11) is 1.82. The fourth-order valence-corrected chi connectivity index (χ4v) is 2.06. The lowest BCUT2D eigenvalue weighted by molar-refractivity contribution is -0.116. The lowest BCUT2D eigenvalue weighted by atomic mass is 9.97. The molecule has 1 aromatic rings. The molecule has 1 aliphatic heterocycles. The van der Waals surface area contributed by atoms with Crippen LogP contribution in [0.1, 0.15) is 30.9 Å². The molecule has 1 aromatic heterocycles. The smallest absolute Gasteiger partial charge is 0.226 e. The standard InChI is InChI=1S/C12H20N4O2/c1-13-5-2-12(17)14-11-8-10(15-16-11)9-3-6-18-7-4-9/h8-9,13H,2-7H2,1H3,(H2,14,15,16,17). The van der Waals surface area contributed by atoms with Crippen LogP contribution in [0.15, 0.2) is 6.07 Å². The molecule has 1 aliphatic rings. The van der Waals surface area contributed by atoms with Crippen molar-refractivity contribution in [3.8, 4) is 0 Å². The third kappa shape index (κ3) is 3.54. The number of amides is 1. The van der Waals surface area contributed by atoms with Gasteiger partial charge in [0.05, 0.1) is 0 Å². The maximum absolute atomic E-state index is 11.5. The Bertz CT molecular complexity index is 385. The molecule has 0 saturated carbocycles. The molecule has 0 bridgehead atoms. The Morgan fingerprint density at radius 1 is 1.56 bits per heavy atom. The fraction of sp³-hybridized carbons (Fsp3) is 0.667. The van der Waals surface area contributed by atoms with E-state index < -0.39 is 0 Å². The van der Waals surface area contributed by atoms with E-state index in [0.717, 1.165) is 31.7 Å². The second-order valence-corrected chi connectivity index (χ2v) is 4.50. The average Bonchev–Trinajstić information content (AvgIpc) is 2.86. The van der Waals surface area contributed by atoms with E-state index in [1.807, 2.05) is 13.1 Å². The van der Waals surface area contributed by atoms with Gasteiger partial charge in [-0.3, -0.25) is 9.89 Å². The van der Waals surface area contributed by atoms with Gasteiger partial charge in [-0.2, -0.15) is 5.10 Å². The maximum Gasteiger partial charge on any atom is 0.226 e. The van der Waals surface area contributed by atoms with Crippen LogP contribution in [0.4, 0.5) is 5.82 Å². The first-order valence-electron chi connectivity index (χ1n) is 6.37. The number of carbonyl (C=O) groups excluding carboxylic acids is 1. The predicted octanol–water partition coefficient (Wildman–Crippen LogP) is 0.852. The minimum Gasteiger partial charge on any atom is -0.381 e. The van der Waals surface area contributed by atoms with E-state index in [9.17, 15) is 4.79 Å². The van der Waals surface area contributed by atoms with Gasteiger partial charge in [0, 0.05) is 43.9 Å². The molecule has 2 heterocycles. The second kappa shape index (κ2) is 6.51. The van der Waals surface area contributed by atoms with Crippen LogP contribution in [-0.2, 0) is 9.53 Å². The van der Waals surface area contributed by atoms with Gasteiger partial charge in [0.25, 0.3) is 0 Å². The van der Waals surface area contributed by atoms with Gasteiger partial charge in [-0.1, -0.05) is 0 Å². The van der Waals surface area contributed by atoms with Crippen LogP contribution in [0, 0.1) is 0 Å². The van der Waals surface area contributed by atoms with Crippen LogP contribution in [-0.4, -0.2) is 42.9 Å². The van der Waals surface area contributed by atoms with E-state index in [0.29, 0.717) is 24.7 Å². The van der Waals surface area contributed by atoms with E-state index in [-0.39, 0.29) is 5.91 Å². The molecule has 0 radical (unpaired) electrons. The molecule has 1 fully saturated rings. The molecule has 0 spiro atoms. The van der Waals surface area contributed by atoms with Crippen LogP contribution in [0.25, 0.3) is 0 Å². The molecule has 100 valence electrons. The van der Waals surface area contributed by atoms with Crippen molar-refractivity contribution in [2.45, 2.75) is 25.2 Å². The summed E-state index contributed by atoms with van der Waals surface area (Å²) in [5.41, 5.74) is 1.09. The van der Waals surface area contributed by atoms with E-state index in [1.54, 1.807) is 0 Å². The highest BCUT2D eigenvalue weighted by atomic mass is 16.5. The van der Waals surface area contributed by atoms with Gasteiger partial charge in [0.1, 0.15) is 0 Å². The summed E-state index contributed by atoms with van der Waals surface area (Å²) in [6.07, 6.45) is 2.47. The summed E-state index contributed by atoms with van der Waals surface area (Å²) in [6, 6.07) is 1.92. The zero-order valence-electron chi connectivity index (χ0n) is 10.7. The topological polar surface area (TPSA) is 79.0 Å². The van der Waals surface area contributed by atoms with Crippen LogP contribution in [0.2, 0.25) is 0 Å². The molecule has 0 unspecified atom stereocenters. The summed E-state index contributed by atoms with van der Waals surface area (Å²) in [4.78, 5) is 11.5. The molecular weight excluding hydrogens is 232 g/mol. The van der Waals surface area contributed by atoms with Gasteiger partial charge in [-0.25, -0.2) is 0 Å².